The number of hydrogen-bond acceptors (Lipinski definition) is 5. The first-order valence-electron chi connectivity index (χ1n) is 16.0. The lowest BCUT2D eigenvalue weighted by molar-refractivity contribution is -0.148. The van der Waals surface area contributed by atoms with Gasteiger partial charge in [-0.05, 0) is 52.8 Å². The van der Waals surface area contributed by atoms with Gasteiger partial charge in [0.2, 0.25) is 10.0 Å². The summed E-state index contributed by atoms with van der Waals surface area (Å²) in [7, 11) is -4.15. The lowest BCUT2D eigenvalue weighted by atomic mass is 10.0. The molecule has 2 unspecified atom stereocenters. The minimum atomic E-state index is -4.15. The first kappa shape index (κ1) is 32.9. The van der Waals surface area contributed by atoms with Gasteiger partial charge in [-0.1, -0.05) is 138 Å². The van der Waals surface area contributed by atoms with Crippen LogP contribution >= 0.6 is 0 Å². The molecule has 2 atom stereocenters. The molecule has 0 aliphatic heterocycles. The summed E-state index contributed by atoms with van der Waals surface area (Å²) in [5, 5.41) is 11.1. The molecule has 0 saturated carbocycles. The summed E-state index contributed by atoms with van der Waals surface area (Å²) in [5.74, 6) is -0.783. The second kappa shape index (κ2) is 16.7. The van der Waals surface area contributed by atoms with Crippen molar-refractivity contribution in [2.45, 2.75) is 107 Å². The Morgan fingerprint density at radius 2 is 1.35 bits per heavy atom. The SMILES string of the molecule is CCCCCCCCCCCCCCOC(=O)C(NS(=O)(=O)c1ccc2c(c1)-c1ccccc1C2)C(O)c1ccccc1. The van der Waals surface area contributed by atoms with Crippen LogP contribution in [0, 0.1) is 0 Å². The summed E-state index contributed by atoms with van der Waals surface area (Å²) in [5.41, 5.74) is 4.52. The number of sulfonamides is 1. The van der Waals surface area contributed by atoms with E-state index in [2.05, 4.69) is 11.6 Å². The summed E-state index contributed by atoms with van der Waals surface area (Å²) in [6.07, 6.45) is 13.7. The normalized spacial score (nSPS) is 13.7. The van der Waals surface area contributed by atoms with Gasteiger partial charge in [0, 0.05) is 0 Å². The second-order valence-electron chi connectivity index (χ2n) is 11.7. The highest BCUT2D eigenvalue weighted by molar-refractivity contribution is 7.89. The standard InChI is InChI=1S/C36H47NO5S/c1-2-3-4-5-6-7-8-9-10-11-12-18-25-42-36(39)34(35(38)28-19-14-13-15-20-28)37-43(40,41)31-24-23-30-26-29-21-16-17-22-32(29)33(30)27-31/h13-17,19-24,27,34-35,37-38H,2-12,18,25-26H2,1H3. The van der Waals surface area contributed by atoms with Gasteiger partial charge in [0.15, 0.2) is 0 Å². The molecule has 0 bridgehead atoms. The molecule has 0 saturated heterocycles. The zero-order chi connectivity index (χ0) is 30.5. The van der Waals surface area contributed by atoms with Crippen molar-refractivity contribution in [3.63, 3.8) is 0 Å². The first-order valence-corrected chi connectivity index (χ1v) is 17.5. The highest BCUT2D eigenvalue weighted by Crippen LogP contribution is 2.37. The second-order valence-corrected chi connectivity index (χ2v) is 13.4. The van der Waals surface area contributed by atoms with Crippen molar-refractivity contribution in [2.75, 3.05) is 6.61 Å². The third-order valence-corrected chi connectivity index (χ3v) is 9.75. The van der Waals surface area contributed by atoms with Crippen LogP contribution in [0.5, 0.6) is 0 Å². The maximum Gasteiger partial charge on any atom is 0.327 e. The van der Waals surface area contributed by atoms with Crippen LogP contribution in [0.4, 0.5) is 0 Å². The van der Waals surface area contributed by atoms with Crippen molar-refractivity contribution in [1.82, 2.24) is 4.72 Å². The number of rotatable bonds is 19. The van der Waals surface area contributed by atoms with E-state index in [1.54, 1.807) is 42.5 Å². The van der Waals surface area contributed by atoms with Crippen LogP contribution in [-0.4, -0.2) is 32.1 Å². The Morgan fingerprint density at radius 1 is 0.767 bits per heavy atom. The van der Waals surface area contributed by atoms with E-state index in [0.29, 0.717) is 12.0 Å². The van der Waals surface area contributed by atoms with Gasteiger partial charge < -0.3 is 9.84 Å². The van der Waals surface area contributed by atoms with Gasteiger partial charge in [0.05, 0.1) is 11.5 Å². The topological polar surface area (TPSA) is 92.7 Å². The summed E-state index contributed by atoms with van der Waals surface area (Å²) in [6, 6.07) is 20.1. The summed E-state index contributed by atoms with van der Waals surface area (Å²) in [6.45, 7) is 2.43. The summed E-state index contributed by atoms with van der Waals surface area (Å²) < 4.78 is 35.1. The molecule has 1 aliphatic carbocycles. The van der Waals surface area contributed by atoms with Gasteiger partial charge in [-0.3, -0.25) is 4.79 Å². The van der Waals surface area contributed by atoms with Crippen molar-refractivity contribution in [2.24, 2.45) is 0 Å². The number of carbonyl (C=O) groups excluding carboxylic acids is 1. The van der Waals surface area contributed by atoms with Gasteiger partial charge in [-0.2, -0.15) is 4.72 Å². The van der Waals surface area contributed by atoms with Crippen molar-refractivity contribution < 1.29 is 23.1 Å². The lowest BCUT2D eigenvalue weighted by Gasteiger charge is -2.23. The van der Waals surface area contributed by atoms with Crippen molar-refractivity contribution in [3.8, 4) is 11.1 Å². The number of esters is 1. The molecule has 0 heterocycles. The molecule has 3 aromatic carbocycles. The van der Waals surface area contributed by atoms with E-state index in [1.807, 2.05) is 30.3 Å². The Bertz CT molecular complexity index is 1410. The van der Waals surface area contributed by atoms with E-state index < -0.39 is 28.1 Å². The highest BCUT2D eigenvalue weighted by Gasteiger charge is 2.34. The molecule has 1 aliphatic rings. The van der Waals surface area contributed by atoms with E-state index in [-0.39, 0.29) is 11.5 Å². The fourth-order valence-corrected chi connectivity index (χ4v) is 7.01. The fraction of sp³-hybridized carbons (Fsp3) is 0.472. The van der Waals surface area contributed by atoms with Crippen molar-refractivity contribution in [1.29, 1.82) is 0 Å². The molecule has 7 heteroatoms. The quantitative estimate of drug-likeness (QED) is 0.0838. The van der Waals surface area contributed by atoms with Crippen LogP contribution in [-0.2, 0) is 26.0 Å². The average Bonchev–Trinajstić information content (AvgIpc) is 3.40. The number of carbonyl (C=O) groups is 1. The molecular weight excluding hydrogens is 558 g/mol. The largest absolute Gasteiger partial charge is 0.464 e. The number of benzene rings is 3. The Balaban J connectivity index is 1.31. The smallest absolute Gasteiger partial charge is 0.327 e. The van der Waals surface area contributed by atoms with E-state index in [0.717, 1.165) is 41.5 Å². The number of nitrogens with one attached hydrogen (secondary N) is 1. The lowest BCUT2D eigenvalue weighted by Crippen LogP contribution is -2.46. The van der Waals surface area contributed by atoms with Crippen LogP contribution in [0.3, 0.4) is 0 Å². The maximum absolute atomic E-state index is 13.6. The van der Waals surface area contributed by atoms with Gasteiger partial charge in [0.25, 0.3) is 0 Å². The van der Waals surface area contributed by atoms with E-state index in [9.17, 15) is 18.3 Å². The molecule has 43 heavy (non-hydrogen) atoms. The molecule has 0 amide bonds. The number of aliphatic hydroxyl groups is 1. The molecule has 0 aromatic heterocycles. The molecule has 0 fully saturated rings. The zero-order valence-corrected chi connectivity index (χ0v) is 26.3. The van der Waals surface area contributed by atoms with E-state index >= 15 is 0 Å². The molecule has 232 valence electrons. The predicted molar refractivity (Wildman–Crippen MR) is 172 cm³/mol. The number of hydrogen-bond donors (Lipinski definition) is 2. The van der Waals surface area contributed by atoms with Crippen LogP contribution in [0.15, 0.2) is 77.7 Å². The zero-order valence-electron chi connectivity index (χ0n) is 25.5. The number of unbranched alkanes of at least 4 members (excludes halogenated alkanes) is 11. The Hall–Kier alpha value is -3.00. The number of ether oxygens (including phenoxy) is 1. The van der Waals surface area contributed by atoms with Crippen molar-refractivity contribution >= 4 is 16.0 Å². The van der Waals surface area contributed by atoms with E-state index in [1.165, 1.54) is 57.8 Å². The van der Waals surface area contributed by atoms with Crippen LogP contribution in [0.1, 0.15) is 107 Å². The van der Waals surface area contributed by atoms with Crippen LogP contribution in [0.25, 0.3) is 11.1 Å². The Morgan fingerprint density at radius 3 is 2.02 bits per heavy atom. The third kappa shape index (κ3) is 9.49. The Labute approximate surface area is 257 Å². The van der Waals surface area contributed by atoms with Crippen LogP contribution < -0.4 is 4.72 Å². The fourth-order valence-electron chi connectivity index (χ4n) is 5.79. The predicted octanol–water partition coefficient (Wildman–Crippen LogP) is 7.88. The van der Waals surface area contributed by atoms with Gasteiger partial charge in [0.1, 0.15) is 12.1 Å². The van der Waals surface area contributed by atoms with Crippen molar-refractivity contribution in [3.05, 3.63) is 89.5 Å². The molecule has 0 spiro atoms. The van der Waals surface area contributed by atoms with E-state index in [4.69, 9.17) is 4.74 Å². The molecule has 3 aromatic rings. The Kier molecular flexibility index (Phi) is 12.8. The summed E-state index contributed by atoms with van der Waals surface area (Å²) in [4.78, 5) is 13.3. The van der Waals surface area contributed by atoms with Crippen LogP contribution in [0.2, 0.25) is 0 Å². The number of fused-ring (bicyclic) bond motifs is 3. The molecular formula is C36H47NO5S. The van der Waals surface area contributed by atoms with Gasteiger partial charge in [-0.15, -0.1) is 0 Å². The first-order chi connectivity index (χ1) is 20.9. The van der Waals surface area contributed by atoms with Gasteiger partial charge in [-0.25, -0.2) is 8.42 Å². The third-order valence-electron chi connectivity index (χ3n) is 8.32. The highest BCUT2D eigenvalue weighted by atomic mass is 32.2. The monoisotopic (exact) mass is 605 g/mol. The average molecular weight is 606 g/mol. The van der Waals surface area contributed by atoms with Gasteiger partial charge >= 0.3 is 5.97 Å². The minimum absolute atomic E-state index is 0.0435. The summed E-state index contributed by atoms with van der Waals surface area (Å²) >= 11 is 0. The maximum atomic E-state index is 13.6. The number of aliphatic hydroxyl groups excluding tert-OH is 1. The minimum Gasteiger partial charge on any atom is -0.464 e. The molecule has 2 N–H and O–H groups in total. The molecule has 6 nitrogen and oxygen atoms in total. The molecule has 0 radical (unpaired) electrons. The molecule has 4 rings (SSSR count).